The second kappa shape index (κ2) is 5.11. The van der Waals surface area contributed by atoms with Crippen LogP contribution >= 0.6 is 0 Å². The van der Waals surface area contributed by atoms with Gasteiger partial charge in [-0.05, 0) is 18.2 Å². The maximum absolute atomic E-state index is 10.7. The maximum atomic E-state index is 10.7. The van der Waals surface area contributed by atoms with Crippen LogP contribution in [0.3, 0.4) is 0 Å². The minimum atomic E-state index is -1.03. The summed E-state index contributed by atoms with van der Waals surface area (Å²) in [6.45, 7) is 1.34. The molecule has 2 rings (SSSR count). The second-order valence-electron chi connectivity index (χ2n) is 3.41. The summed E-state index contributed by atoms with van der Waals surface area (Å²) < 4.78 is 1.79. The Kier molecular flexibility index (Phi) is 3.34. The predicted octanol–water partition coefficient (Wildman–Crippen LogP) is 1.09. The lowest BCUT2D eigenvalue weighted by atomic mass is 10.3. The summed E-state index contributed by atoms with van der Waals surface area (Å²) in [5.74, 6) is -0.474. The Labute approximate surface area is 97.9 Å². The van der Waals surface area contributed by atoms with Crippen LogP contribution in [0.4, 0.5) is 5.82 Å². The van der Waals surface area contributed by atoms with Crippen LogP contribution in [0.1, 0.15) is 10.5 Å². The zero-order chi connectivity index (χ0) is 12.1. The highest BCUT2D eigenvalue weighted by Crippen LogP contribution is 2.04. The van der Waals surface area contributed by atoms with Gasteiger partial charge in [-0.15, -0.1) is 0 Å². The highest BCUT2D eigenvalue weighted by atomic mass is 16.4. The molecular weight excluding hydrogens is 220 g/mol. The van der Waals surface area contributed by atoms with Crippen molar-refractivity contribution >= 4 is 11.8 Å². The largest absolute Gasteiger partial charge is 0.477 e. The first-order valence-corrected chi connectivity index (χ1v) is 5.17. The van der Waals surface area contributed by atoms with Gasteiger partial charge in [-0.2, -0.15) is 5.10 Å². The van der Waals surface area contributed by atoms with E-state index in [-0.39, 0.29) is 5.69 Å². The van der Waals surface area contributed by atoms with E-state index in [0.29, 0.717) is 18.9 Å². The molecule has 88 valence electrons. The topological polar surface area (TPSA) is 80.0 Å². The Morgan fingerprint density at radius 2 is 2.29 bits per heavy atom. The van der Waals surface area contributed by atoms with E-state index in [2.05, 4.69) is 15.4 Å². The molecule has 0 fully saturated rings. The third kappa shape index (κ3) is 3.04. The summed E-state index contributed by atoms with van der Waals surface area (Å²) in [4.78, 5) is 14.7. The van der Waals surface area contributed by atoms with E-state index in [0.717, 1.165) is 0 Å². The van der Waals surface area contributed by atoms with E-state index in [9.17, 15) is 4.79 Å². The van der Waals surface area contributed by atoms with Gasteiger partial charge < -0.3 is 10.4 Å². The van der Waals surface area contributed by atoms with E-state index in [1.807, 2.05) is 12.3 Å². The first-order chi connectivity index (χ1) is 8.25. The Morgan fingerprint density at radius 1 is 1.41 bits per heavy atom. The average molecular weight is 232 g/mol. The summed E-state index contributed by atoms with van der Waals surface area (Å²) in [6, 6.07) is 6.70. The van der Waals surface area contributed by atoms with Gasteiger partial charge in [0.2, 0.25) is 0 Å². The quantitative estimate of drug-likeness (QED) is 0.806. The van der Waals surface area contributed by atoms with Gasteiger partial charge in [0.05, 0.1) is 6.54 Å². The number of hydrogen-bond donors (Lipinski definition) is 2. The summed E-state index contributed by atoms with van der Waals surface area (Å²) in [7, 11) is 0. The van der Waals surface area contributed by atoms with Crippen LogP contribution in [0.5, 0.6) is 0 Å². The minimum absolute atomic E-state index is 0.0362. The molecule has 0 aromatic carbocycles. The molecule has 0 saturated carbocycles. The molecule has 6 nitrogen and oxygen atoms in total. The summed E-state index contributed by atoms with van der Waals surface area (Å²) >= 11 is 0. The Hall–Kier alpha value is -2.37. The smallest absolute Gasteiger partial charge is 0.354 e. The molecule has 0 aliphatic rings. The molecule has 0 unspecified atom stereocenters. The normalized spacial score (nSPS) is 10.1. The van der Waals surface area contributed by atoms with Gasteiger partial charge in [0.1, 0.15) is 5.82 Å². The SMILES string of the molecule is O=C(O)c1cccc(NCCn2cccn2)n1. The highest BCUT2D eigenvalue weighted by Gasteiger charge is 2.04. The van der Waals surface area contributed by atoms with Gasteiger partial charge in [-0.3, -0.25) is 4.68 Å². The molecule has 0 saturated heterocycles. The van der Waals surface area contributed by atoms with Crippen LogP contribution in [0, 0.1) is 0 Å². The van der Waals surface area contributed by atoms with Crippen LogP contribution in [0.15, 0.2) is 36.7 Å². The average Bonchev–Trinajstić information content (AvgIpc) is 2.82. The molecular formula is C11H12N4O2. The highest BCUT2D eigenvalue weighted by molar-refractivity contribution is 5.85. The van der Waals surface area contributed by atoms with Crippen molar-refractivity contribution in [1.29, 1.82) is 0 Å². The number of pyridine rings is 1. The summed E-state index contributed by atoms with van der Waals surface area (Å²) in [6.07, 6.45) is 3.58. The lowest BCUT2D eigenvalue weighted by Crippen LogP contribution is -2.12. The molecule has 2 heterocycles. The van der Waals surface area contributed by atoms with Gasteiger partial charge in [-0.25, -0.2) is 9.78 Å². The Bertz CT molecular complexity index is 496. The van der Waals surface area contributed by atoms with E-state index >= 15 is 0 Å². The van der Waals surface area contributed by atoms with Crippen molar-refractivity contribution in [3.05, 3.63) is 42.4 Å². The minimum Gasteiger partial charge on any atom is -0.477 e. The molecule has 0 amide bonds. The van der Waals surface area contributed by atoms with Crippen molar-refractivity contribution in [2.75, 3.05) is 11.9 Å². The standard InChI is InChI=1S/C11H12N4O2/c16-11(17)9-3-1-4-10(14-9)12-6-8-15-7-2-5-13-15/h1-5,7H,6,8H2,(H,12,14)(H,16,17). The fourth-order valence-corrected chi connectivity index (χ4v) is 1.38. The number of nitrogens with one attached hydrogen (secondary N) is 1. The molecule has 2 N–H and O–H groups in total. The third-order valence-corrected chi connectivity index (χ3v) is 2.17. The monoisotopic (exact) mass is 232 g/mol. The van der Waals surface area contributed by atoms with E-state index < -0.39 is 5.97 Å². The van der Waals surface area contributed by atoms with Gasteiger partial charge in [0.25, 0.3) is 0 Å². The van der Waals surface area contributed by atoms with Crippen molar-refractivity contribution in [2.45, 2.75) is 6.54 Å². The molecule has 0 radical (unpaired) electrons. The van der Waals surface area contributed by atoms with Crippen LogP contribution in [0.25, 0.3) is 0 Å². The van der Waals surface area contributed by atoms with Crippen molar-refractivity contribution in [1.82, 2.24) is 14.8 Å². The number of carboxylic acid groups (broad SMARTS) is 1. The number of aromatic nitrogens is 3. The second-order valence-corrected chi connectivity index (χ2v) is 3.41. The number of aromatic carboxylic acids is 1. The molecule has 0 spiro atoms. The fraction of sp³-hybridized carbons (Fsp3) is 0.182. The van der Waals surface area contributed by atoms with Crippen molar-refractivity contribution in [2.24, 2.45) is 0 Å². The number of anilines is 1. The van der Waals surface area contributed by atoms with Crippen molar-refractivity contribution in [3.8, 4) is 0 Å². The van der Waals surface area contributed by atoms with Crippen LogP contribution < -0.4 is 5.32 Å². The molecule has 0 bridgehead atoms. The van der Waals surface area contributed by atoms with Crippen LogP contribution in [-0.2, 0) is 6.54 Å². The number of rotatable bonds is 5. The van der Waals surface area contributed by atoms with E-state index in [1.54, 1.807) is 23.0 Å². The number of hydrogen-bond acceptors (Lipinski definition) is 4. The zero-order valence-electron chi connectivity index (χ0n) is 9.08. The van der Waals surface area contributed by atoms with Gasteiger partial charge >= 0.3 is 5.97 Å². The fourth-order valence-electron chi connectivity index (χ4n) is 1.38. The van der Waals surface area contributed by atoms with Crippen molar-refractivity contribution < 1.29 is 9.90 Å². The lowest BCUT2D eigenvalue weighted by Gasteiger charge is -2.06. The molecule has 2 aromatic rings. The molecule has 0 aliphatic carbocycles. The Morgan fingerprint density at radius 3 is 3.00 bits per heavy atom. The van der Waals surface area contributed by atoms with Crippen LogP contribution in [0.2, 0.25) is 0 Å². The molecule has 17 heavy (non-hydrogen) atoms. The third-order valence-electron chi connectivity index (χ3n) is 2.17. The van der Waals surface area contributed by atoms with Gasteiger partial charge in [-0.1, -0.05) is 6.07 Å². The molecule has 6 heteroatoms. The van der Waals surface area contributed by atoms with Gasteiger partial charge in [0, 0.05) is 18.9 Å². The number of carboxylic acids is 1. The first kappa shape index (κ1) is 11.1. The molecule has 0 atom stereocenters. The number of carbonyl (C=O) groups is 1. The van der Waals surface area contributed by atoms with Gasteiger partial charge in [0.15, 0.2) is 5.69 Å². The Balaban J connectivity index is 1.90. The lowest BCUT2D eigenvalue weighted by molar-refractivity contribution is 0.0690. The number of nitrogens with zero attached hydrogens (tertiary/aromatic N) is 3. The van der Waals surface area contributed by atoms with Crippen molar-refractivity contribution in [3.63, 3.8) is 0 Å². The molecule has 0 aliphatic heterocycles. The maximum Gasteiger partial charge on any atom is 0.354 e. The predicted molar refractivity (Wildman–Crippen MR) is 61.9 cm³/mol. The summed E-state index contributed by atoms with van der Waals surface area (Å²) in [5, 5.41) is 15.9. The first-order valence-electron chi connectivity index (χ1n) is 5.17. The van der Waals surface area contributed by atoms with E-state index in [4.69, 9.17) is 5.11 Å². The summed E-state index contributed by atoms with van der Waals surface area (Å²) in [5.41, 5.74) is 0.0362. The van der Waals surface area contributed by atoms with E-state index in [1.165, 1.54) is 6.07 Å². The van der Waals surface area contributed by atoms with Crippen LogP contribution in [-0.4, -0.2) is 32.4 Å². The molecule has 2 aromatic heterocycles. The zero-order valence-corrected chi connectivity index (χ0v) is 9.08.